The molecule has 0 radical (unpaired) electrons. The average Bonchev–Trinajstić information content (AvgIpc) is 2.84. The molecule has 1 heterocycles. The lowest BCUT2D eigenvalue weighted by molar-refractivity contribution is -0.121. The van der Waals surface area contributed by atoms with Crippen LogP contribution >= 0.6 is 0 Å². The molecule has 21 heavy (non-hydrogen) atoms. The summed E-state index contributed by atoms with van der Waals surface area (Å²) in [5.74, 6) is 1.09. The van der Waals surface area contributed by atoms with Gasteiger partial charge in [-0.2, -0.15) is 4.31 Å². The third-order valence-corrected chi connectivity index (χ3v) is 4.37. The zero-order valence-electron chi connectivity index (χ0n) is 12.0. The number of carbonyl (C=O) groups excluding carboxylic acids is 1. The van der Waals surface area contributed by atoms with Gasteiger partial charge < -0.3 is 14.8 Å². The van der Waals surface area contributed by atoms with Gasteiger partial charge in [0.15, 0.2) is 11.5 Å². The minimum Gasteiger partial charge on any atom is -0.454 e. The Bertz CT molecular complexity index is 629. The minimum atomic E-state index is -3.34. The van der Waals surface area contributed by atoms with Crippen LogP contribution in [0.3, 0.4) is 0 Å². The van der Waals surface area contributed by atoms with E-state index in [1.165, 1.54) is 7.05 Å². The maximum Gasteiger partial charge on any atom is 0.235 e. The summed E-state index contributed by atoms with van der Waals surface area (Å²) in [6.45, 7) is 0.476. The molecule has 0 bridgehead atoms. The summed E-state index contributed by atoms with van der Waals surface area (Å²) >= 11 is 0. The van der Waals surface area contributed by atoms with Gasteiger partial charge in [-0.05, 0) is 24.1 Å². The van der Waals surface area contributed by atoms with Crippen LogP contribution in [0.2, 0.25) is 0 Å². The Labute approximate surface area is 123 Å². The number of nitrogens with zero attached hydrogens (tertiary/aromatic N) is 1. The van der Waals surface area contributed by atoms with E-state index in [-0.39, 0.29) is 19.2 Å². The number of benzene rings is 1. The Kier molecular flexibility index (Phi) is 4.69. The molecule has 0 aliphatic carbocycles. The molecule has 116 valence electrons. The molecule has 1 amide bonds. The average molecular weight is 314 g/mol. The SMILES string of the molecule is CN(CC(=O)NCCc1ccc2c(c1)OCO2)S(C)(=O)=O. The van der Waals surface area contributed by atoms with Crippen LogP contribution in [0.1, 0.15) is 5.56 Å². The van der Waals surface area contributed by atoms with E-state index >= 15 is 0 Å². The number of rotatable bonds is 6. The molecule has 1 N–H and O–H groups in total. The van der Waals surface area contributed by atoms with Crippen LogP contribution in [0, 0.1) is 0 Å². The fraction of sp³-hybridized carbons (Fsp3) is 0.462. The summed E-state index contributed by atoms with van der Waals surface area (Å²) in [4.78, 5) is 11.6. The number of sulfonamides is 1. The monoisotopic (exact) mass is 314 g/mol. The lowest BCUT2D eigenvalue weighted by atomic mass is 10.1. The molecule has 0 saturated carbocycles. The molecular weight excluding hydrogens is 296 g/mol. The Balaban J connectivity index is 1.78. The summed E-state index contributed by atoms with van der Waals surface area (Å²) in [6.07, 6.45) is 1.69. The normalized spacial score (nSPS) is 13.5. The molecule has 2 rings (SSSR count). The first-order chi connectivity index (χ1) is 9.86. The van der Waals surface area contributed by atoms with Crippen LogP contribution in [0.15, 0.2) is 18.2 Å². The van der Waals surface area contributed by atoms with Gasteiger partial charge in [0.25, 0.3) is 0 Å². The second-order valence-corrected chi connectivity index (χ2v) is 6.90. The minimum absolute atomic E-state index is 0.181. The summed E-state index contributed by atoms with van der Waals surface area (Å²) in [7, 11) is -1.97. The van der Waals surface area contributed by atoms with Gasteiger partial charge in [0.1, 0.15) is 0 Å². The molecule has 0 aromatic heterocycles. The van der Waals surface area contributed by atoms with Gasteiger partial charge in [-0.3, -0.25) is 4.79 Å². The summed E-state index contributed by atoms with van der Waals surface area (Å²) in [5, 5.41) is 2.68. The highest BCUT2D eigenvalue weighted by Crippen LogP contribution is 2.32. The van der Waals surface area contributed by atoms with Gasteiger partial charge >= 0.3 is 0 Å². The van der Waals surface area contributed by atoms with Crippen LogP contribution in [0.25, 0.3) is 0 Å². The molecule has 8 heteroatoms. The number of fused-ring (bicyclic) bond motifs is 1. The zero-order valence-corrected chi connectivity index (χ0v) is 12.8. The Morgan fingerprint density at radius 2 is 2.05 bits per heavy atom. The summed E-state index contributed by atoms with van der Waals surface area (Å²) in [5.41, 5.74) is 1.01. The van der Waals surface area contributed by atoms with Gasteiger partial charge in [0.2, 0.25) is 22.7 Å². The number of amides is 1. The van der Waals surface area contributed by atoms with Crippen LogP contribution in [-0.4, -0.2) is 51.8 Å². The molecular formula is C13H18N2O5S. The number of hydrogen-bond acceptors (Lipinski definition) is 5. The third kappa shape index (κ3) is 4.33. The van der Waals surface area contributed by atoms with Crippen molar-refractivity contribution in [2.75, 3.05) is 33.2 Å². The molecule has 0 unspecified atom stereocenters. The molecule has 0 spiro atoms. The van der Waals surface area contributed by atoms with Crippen molar-refractivity contribution < 1.29 is 22.7 Å². The van der Waals surface area contributed by atoms with Gasteiger partial charge in [0.05, 0.1) is 12.8 Å². The van der Waals surface area contributed by atoms with Gasteiger partial charge in [-0.15, -0.1) is 0 Å². The van der Waals surface area contributed by atoms with Crippen molar-refractivity contribution >= 4 is 15.9 Å². The predicted molar refractivity (Wildman–Crippen MR) is 76.8 cm³/mol. The predicted octanol–water partition coefficient (Wildman–Crippen LogP) is -0.0346. The van der Waals surface area contributed by atoms with E-state index in [1.807, 2.05) is 18.2 Å². The van der Waals surface area contributed by atoms with Crippen LogP contribution in [-0.2, 0) is 21.2 Å². The lowest BCUT2D eigenvalue weighted by Crippen LogP contribution is -2.38. The highest BCUT2D eigenvalue weighted by molar-refractivity contribution is 7.88. The fourth-order valence-corrected chi connectivity index (χ4v) is 2.17. The van der Waals surface area contributed by atoms with Gasteiger partial charge in [-0.25, -0.2) is 8.42 Å². The van der Waals surface area contributed by atoms with Crippen molar-refractivity contribution in [1.29, 1.82) is 0 Å². The summed E-state index contributed by atoms with van der Waals surface area (Å²) in [6, 6.07) is 5.61. The van der Waals surface area contributed by atoms with E-state index in [0.717, 1.165) is 21.9 Å². The van der Waals surface area contributed by atoms with Crippen molar-refractivity contribution in [2.45, 2.75) is 6.42 Å². The van der Waals surface area contributed by atoms with Crippen molar-refractivity contribution in [3.8, 4) is 11.5 Å². The number of hydrogen-bond donors (Lipinski definition) is 1. The highest BCUT2D eigenvalue weighted by atomic mass is 32.2. The molecule has 1 aromatic carbocycles. The van der Waals surface area contributed by atoms with Crippen molar-refractivity contribution in [1.82, 2.24) is 9.62 Å². The van der Waals surface area contributed by atoms with Crippen molar-refractivity contribution in [2.24, 2.45) is 0 Å². The standard InChI is InChI=1S/C13H18N2O5S/c1-15(21(2,17)18)8-13(16)14-6-5-10-3-4-11-12(7-10)20-9-19-11/h3-4,7H,5-6,8-9H2,1-2H3,(H,14,16). The molecule has 7 nitrogen and oxygen atoms in total. The number of likely N-dealkylation sites (N-methyl/N-ethyl adjacent to an activating group) is 1. The van der Waals surface area contributed by atoms with Crippen LogP contribution < -0.4 is 14.8 Å². The first kappa shape index (κ1) is 15.6. The molecule has 1 aliphatic rings. The molecule has 0 saturated heterocycles. The van der Waals surface area contributed by atoms with E-state index in [4.69, 9.17) is 9.47 Å². The van der Waals surface area contributed by atoms with E-state index < -0.39 is 10.0 Å². The quantitative estimate of drug-likeness (QED) is 0.797. The second-order valence-electron chi connectivity index (χ2n) is 4.81. The van der Waals surface area contributed by atoms with Crippen molar-refractivity contribution in [3.05, 3.63) is 23.8 Å². The number of carbonyl (C=O) groups is 1. The van der Waals surface area contributed by atoms with Crippen molar-refractivity contribution in [3.63, 3.8) is 0 Å². The second kappa shape index (κ2) is 6.31. The first-order valence-corrected chi connectivity index (χ1v) is 8.27. The zero-order chi connectivity index (χ0) is 15.5. The van der Waals surface area contributed by atoms with E-state index in [1.54, 1.807) is 0 Å². The molecule has 1 aromatic rings. The summed E-state index contributed by atoms with van der Waals surface area (Å²) < 4.78 is 33.9. The van der Waals surface area contributed by atoms with E-state index in [2.05, 4.69) is 5.32 Å². The fourth-order valence-electron chi connectivity index (χ4n) is 1.82. The van der Waals surface area contributed by atoms with Crippen LogP contribution in [0.5, 0.6) is 11.5 Å². The largest absolute Gasteiger partial charge is 0.454 e. The maximum atomic E-state index is 11.6. The molecule has 0 fully saturated rings. The van der Waals surface area contributed by atoms with Crippen LogP contribution in [0.4, 0.5) is 0 Å². The third-order valence-electron chi connectivity index (χ3n) is 3.11. The van der Waals surface area contributed by atoms with Gasteiger partial charge in [-0.1, -0.05) is 6.07 Å². The first-order valence-electron chi connectivity index (χ1n) is 6.43. The lowest BCUT2D eigenvalue weighted by Gasteiger charge is -2.13. The Hall–Kier alpha value is -1.80. The Morgan fingerprint density at radius 1 is 1.33 bits per heavy atom. The topological polar surface area (TPSA) is 84.9 Å². The maximum absolute atomic E-state index is 11.6. The van der Waals surface area contributed by atoms with E-state index in [0.29, 0.717) is 18.7 Å². The molecule has 1 aliphatic heterocycles. The van der Waals surface area contributed by atoms with E-state index in [9.17, 15) is 13.2 Å². The number of ether oxygens (including phenoxy) is 2. The highest BCUT2D eigenvalue weighted by Gasteiger charge is 2.15. The Morgan fingerprint density at radius 3 is 2.76 bits per heavy atom. The number of nitrogens with one attached hydrogen (secondary N) is 1. The smallest absolute Gasteiger partial charge is 0.235 e. The van der Waals surface area contributed by atoms with Gasteiger partial charge in [0, 0.05) is 13.6 Å². The molecule has 0 atom stereocenters.